The molecule has 2 heterocycles. The van der Waals surface area contributed by atoms with Gasteiger partial charge in [0.2, 0.25) is 0 Å². The van der Waals surface area contributed by atoms with Crippen LogP contribution in [0.2, 0.25) is 0 Å². The average molecular weight is 361 g/mol. The highest BCUT2D eigenvalue weighted by atomic mass is 16.2. The van der Waals surface area contributed by atoms with Gasteiger partial charge in [0.05, 0.1) is 12.2 Å². The minimum absolute atomic E-state index is 0.115. The summed E-state index contributed by atoms with van der Waals surface area (Å²) in [5.41, 5.74) is 4.03. The molecule has 0 N–H and O–H groups in total. The van der Waals surface area contributed by atoms with E-state index < -0.39 is 0 Å². The zero-order valence-corrected chi connectivity index (χ0v) is 16.2. The molecule has 0 bridgehead atoms. The molecule has 4 heteroatoms. The van der Waals surface area contributed by atoms with Gasteiger partial charge >= 0.3 is 0 Å². The third kappa shape index (κ3) is 3.61. The first-order valence-electron chi connectivity index (χ1n) is 9.90. The zero-order chi connectivity index (χ0) is 18.8. The van der Waals surface area contributed by atoms with Gasteiger partial charge in [-0.15, -0.1) is 0 Å². The number of fused-ring (bicyclic) bond motifs is 1. The highest BCUT2D eigenvalue weighted by Crippen LogP contribution is 2.27. The Bertz CT molecular complexity index is 939. The maximum Gasteiger partial charge on any atom is 0.271 e. The molecular formula is C23H27N3O. The molecule has 1 aromatic carbocycles. The Labute approximate surface area is 160 Å². The van der Waals surface area contributed by atoms with Crippen molar-refractivity contribution in [3.63, 3.8) is 0 Å². The van der Waals surface area contributed by atoms with Crippen LogP contribution in [0.15, 0.2) is 48.7 Å². The third-order valence-corrected chi connectivity index (χ3v) is 5.75. The summed E-state index contributed by atoms with van der Waals surface area (Å²) in [6.45, 7) is 2.66. The number of hydrogen-bond acceptors (Lipinski definition) is 2. The molecule has 0 aliphatic heterocycles. The molecule has 4 nitrogen and oxygen atoms in total. The van der Waals surface area contributed by atoms with E-state index >= 15 is 0 Å². The summed E-state index contributed by atoms with van der Waals surface area (Å²) in [4.78, 5) is 20.1. The largest absolute Gasteiger partial charge is 0.340 e. The summed E-state index contributed by atoms with van der Waals surface area (Å²) in [6, 6.07) is 14.6. The van der Waals surface area contributed by atoms with Gasteiger partial charge in [-0.25, -0.2) is 0 Å². The molecule has 1 aliphatic carbocycles. The van der Waals surface area contributed by atoms with Crippen molar-refractivity contribution in [2.75, 3.05) is 0 Å². The standard InChI is InChI=1S/C23H27N3O/c1-17-11-12-21-18(14-17)15-22(25(21)2)23(27)26(20-9-4-3-5-10-20)16-19-8-6-7-13-24-19/h6-8,11-15,20H,3-5,9-10,16H2,1-2H3. The summed E-state index contributed by atoms with van der Waals surface area (Å²) >= 11 is 0. The van der Waals surface area contributed by atoms with Crippen LogP contribution in [0, 0.1) is 6.92 Å². The molecule has 27 heavy (non-hydrogen) atoms. The van der Waals surface area contributed by atoms with E-state index in [1.165, 1.54) is 24.8 Å². The van der Waals surface area contributed by atoms with Crippen LogP contribution in [-0.4, -0.2) is 26.4 Å². The molecule has 1 fully saturated rings. The Balaban J connectivity index is 1.70. The monoisotopic (exact) mass is 361 g/mol. The van der Waals surface area contributed by atoms with Gasteiger partial charge in [0.25, 0.3) is 5.91 Å². The van der Waals surface area contributed by atoms with E-state index in [1.807, 2.05) is 35.9 Å². The fourth-order valence-electron chi connectivity index (χ4n) is 4.25. The number of pyridine rings is 1. The summed E-state index contributed by atoms with van der Waals surface area (Å²) < 4.78 is 2.03. The molecule has 1 saturated carbocycles. The van der Waals surface area contributed by atoms with Crippen LogP contribution in [0.4, 0.5) is 0 Å². The van der Waals surface area contributed by atoms with E-state index in [2.05, 4.69) is 35.0 Å². The lowest BCUT2D eigenvalue weighted by atomic mass is 9.93. The quantitative estimate of drug-likeness (QED) is 0.666. The Hall–Kier alpha value is -2.62. The summed E-state index contributed by atoms with van der Waals surface area (Å²) in [5.74, 6) is 0.115. The van der Waals surface area contributed by atoms with E-state index in [1.54, 1.807) is 6.20 Å². The van der Waals surface area contributed by atoms with E-state index in [9.17, 15) is 4.79 Å². The molecule has 1 aliphatic rings. The van der Waals surface area contributed by atoms with Gasteiger partial charge in [-0.2, -0.15) is 0 Å². The fourth-order valence-corrected chi connectivity index (χ4v) is 4.25. The first-order valence-corrected chi connectivity index (χ1v) is 9.90. The van der Waals surface area contributed by atoms with Crippen molar-refractivity contribution in [3.05, 3.63) is 65.6 Å². The lowest BCUT2D eigenvalue weighted by Crippen LogP contribution is -2.41. The van der Waals surface area contributed by atoms with Crippen LogP contribution in [0.1, 0.15) is 53.8 Å². The van der Waals surface area contributed by atoms with Crippen molar-refractivity contribution in [2.45, 2.75) is 51.6 Å². The molecule has 0 atom stereocenters. The van der Waals surface area contributed by atoms with Crippen molar-refractivity contribution in [3.8, 4) is 0 Å². The zero-order valence-electron chi connectivity index (χ0n) is 16.2. The highest BCUT2D eigenvalue weighted by Gasteiger charge is 2.28. The number of carbonyl (C=O) groups is 1. The van der Waals surface area contributed by atoms with Crippen LogP contribution >= 0.6 is 0 Å². The SMILES string of the molecule is Cc1ccc2c(c1)cc(C(=O)N(Cc1ccccn1)C1CCCCC1)n2C. The van der Waals surface area contributed by atoms with E-state index in [0.29, 0.717) is 12.6 Å². The number of nitrogens with zero attached hydrogens (tertiary/aromatic N) is 3. The lowest BCUT2D eigenvalue weighted by Gasteiger charge is -2.34. The van der Waals surface area contributed by atoms with Crippen molar-refractivity contribution in [2.24, 2.45) is 7.05 Å². The summed E-state index contributed by atoms with van der Waals surface area (Å²) in [6.07, 6.45) is 7.65. The average Bonchev–Trinajstić information content (AvgIpc) is 3.03. The van der Waals surface area contributed by atoms with Crippen LogP contribution in [0.25, 0.3) is 10.9 Å². The summed E-state index contributed by atoms with van der Waals surface area (Å²) in [5, 5.41) is 1.13. The number of carbonyl (C=O) groups excluding carboxylic acids is 1. The molecule has 4 rings (SSSR count). The smallest absolute Gasteiger partial charge is 0.271 e. The Morgan fingerprint density at radius 3 is 2.70 bits per heavy atom. The normalized spacial score (nSPS) is 15.2. The molecule has 0 unspecified atom stereocenters. The minimum Gasteiger partial charge on any atom is -0.340 e. The number of aromatic nitrogens is 2. The minimum atomic E-state index is 0.115. The molecule has 140 valence electrons. The second-order valence-electron chi connectivity index (χ2n) is 7.70. The molecule has 1 amide bonds. The molecule has 0 radical (unpaired) electrons. The van der Waals surface area contributed by atoms with Crippen LogP contribution in [-0.2, 0) is 13.6 Å². The number of amides is 1. The third-order valence-electron chi connectivity index (χ3n) is 5.75. The van der Waals surface area contributed by atoms with Crippen molar-refractivity contribution >= 4 is 16.8 Å². The molecule has 0 saturated heterocycles. The van der Waals surface area contributed by atoms with Gasteiger partial charge in [-0.1, -0.05) is 37.0 Å². The van der Waals surface area contributed by atoms with Gasteiger partial charge in [0, 0.05) is 30.2 Å². The number of aryl methyl sites for hydroxylation is 2. The van der Waals surface area contributed by atoms with Crippen molar-refractivity contribution < 1.29 is 4.79 Å². The van der Waals surface area contributed by atoms with Crippen LogP contribution in [0.3, 0.4) is 0 Å². The van der Waals surface area contributed by atoms with Gasteiger partial charge in [0.15, 0.2) is 0 Å². The Morgan fingerprint density at radius 2 is 1.96 bits per heavy atom. The summed E-state index contributed by atoms with van der Waals surface area (Å²) in [7, 11) is 1.99. The Kier molecular flexibility index (Phi) is 4.97. The highest BCUT2D eigenvalue weighted by molar-refractivity contribution is 5.99. The molecule has 3 aromatic rings. The first kappa shape index (κ1) is 17.8. The van der Waals surface area contributed by atoms with Gasteiger partial charge in [-0.3, -0.25) is 9.78 Å². The topological polar surface area (TPSA) is 38.1 Å². The van der Waals surface area contributed by atoms with Crippen molar-refractivity contribution in [1.82, 2.24) is 14.5 Å². The predicted molar refractivity (Wildman–Crippen MR) is 109 cm³/mol. The molecule has 0 spiro atoms. The predicted octanol–water partition coefficient (Wildman–Crippen LogP) is 4.86. The lowest BCUT2D eigenvalue weighted by molar-refractivity contribution is 0.0601. The number of rotatable bonds is 4. The maximum atomic E-state index is 13.6. The van der Waals surface area contributed by atoms with Crippen LogP contribution < -0.4 is 0 Å². The van der Waals surface area contributed by atoms with Crippen LogP contribution in [0.5, 0.6) is 0 Å². The second-order valence-corrected chi connectivity index (χ2v) is 7.70. The second kappa shape index (κ2) is 7.55. The van der Waals surface area contributed by atoms with Gasteiger partial charge in [0.1, 0.15) is 5.69 Å². The van der Waals surface area contributed by atoms with Gasteiger partial charge in [-0.05, 0) is 50.1 Å². The number of hydrogen-bond donors (Lipinski definition) is 0. The fraction of sp³-hybridized carbons (Fsp3) is 0.391. The molecule has 2 aromatic heterocycles. The van der Waals surface area contributed by atoms with Gasteiger partial charge < -0.3 is 9.47 Å². The maximum absolute atomic E-state index is 13.6. The Morgan fingerprint density at radius 1 is 1.15 bits per heavy atom. The number of benzene rings is 1. The van der Waals surface area contributed by atoms with E-state index in [4.69, 9.17) is 0 Å². The van der Waals surface area contributed by atoms with Crippen molar-refractivity contribution in [1.29, 1.82) is 0 Å². The van der Waals surface area contributed by atoms with E-state index in [0.717, 1.165) is 35.1 Å². The first-order chi connectivity index (χ1) is 13.1. The van der Waals surface area contributed by atoms with E-state index in [-0.39, 0.29) is 5.91 Å². The molecular weight excluding hydrogens is 334 g/mol.